The number of hydrogen-bond donors (Lipinski definition) is 0. The molecule has 0 bridgehead atoms. The second-order valence-electron chi connectivity index (χ2n) is 2.84. The van der Waals surface area contributed by atoms with Crippen molar-refractivity contribution in [2.45, 2.75) is 19.0 Å². The van der Waals surface area contributed by atoms with Gasteiger partial charge in [-0.1, -0.05) is 0 Å². The van der Waals surface area contributed by atoms with Gasteiger partial charge in [-0.05, 0) is 6.42 Å². The van der Waals surface area contributed by atoms with Gasteiger partial charge in [0.15, 0.2) is 0 Å². The Labute approximate surface area is 70.8 Å². The van der Waals surface area contributed by atoms with E-state index in [9.17, 15) is 9.18 Å². The fourth-order valence-corrected chi connectivity index (χ4v) is 1.31. The maximum Gasteiger partial charge on any atom is 0.311 e. The second kappa shape index (κ2) is 4.40. The summed E-state index contributed by atoms with van der Waals surface area (Å²) in [6.07, 6.45) is -0.395. The molecule has 12 heavy (non-hydrogen) atoms. The topological polar surface area (TPSA) is 35.5 Å². The molecule has 0 aromatic heterocycles. The fraction of sp³-hybridized carbons (Fsp3) is 0.875. The predicted octanol–water partition coefficient (Wildman–Crippen LogP) is 0.924. The summed E-state index contributed by atoms with van der Waals surface area (Å²) in [5, 5.41) is 0. The van der Waals surface area contributed by atoms with Crippen LogP contribution in [0.2, 0.25) is 0 Å². The molecule has 0 radical (unpaired) electrons. The smallest absolute Gasteiger partial charge is 0.311 e. The van der Waals surface area contributed by atoms with E-state index in [-0.39, 0.29) is 0 Å². The summed E-state index contributed by atoms with van der Waals surface area (Å²) in [6.45, 7) is 0.842. The van der Waals surface area contributed by atoms with Crippen molar-refractivity contribution in [2.75, 3.05) is 20.3 Å². The van der Waals surface area contributed by atoms with E-state index in [1.54, 1.807) is 0 Å². The van der Waals surface area contributed by atoms with Gasteiger partial charge in [-0.25, -0.2) is 4.39 Å². The average molecular weight is 176 g/mol. The Morgan fingerprint density at radius 3 is 2.83 bits per heavy atom. The van der Waals surface area contributed by atoms with E-state index < -0.39 is 18.1 Å². The minimum atomic E-state index is -1.11. The molecule has 0 aromatic rings. The first-order valence-corrected chi connectivity index (χ1v) is 4.05. The van der Waals surface area contributed by atoms with Crippen molar-refractivity contribution >= 4 is 5.97 Å². The van der Waals surface area contributed by atoms with Gasteiger partial charge in [-0.2, -0.15) is 0 Å². The third-order valence-corrected chi connectivity index (χ3v) is 2.05. The monoisotopic (exact) mass is 176 g/mol. The molecule has 2 atom stereocenters. The third kappa shape index (κ3) is 2.17. The maximum absolute atomic E-state index is 13.2. The predicted molar refractivity (Wildman–Crippen MR) is 40.5 cm³/mol. The lowest BCUT2D eigenvalue weighted by atomic mass is 9.99. The molecular formula is C8H13FO3. The van der Waals surface area contributed by atoms with E-state index in [4.69, 9.17) is 4.74 Å². The van der Waals surface area contributed by atoms with Crippen LogP contribution in [0.1, 0.15) is 12.8 Å². The zero-order valence-electron chi connectivity index (χ0n) is 7.09. The van der Waals surface area contributed by atoms with Crippen LogP contribution >= 0.6 is 0 Å². The first kappa shape index (κ1) is 9.45. The van der Waals surface area contributed by atoms with Crippen LogP contribution in [0.3, 0.4) is 0 Å². The van der Waals surface area contributed by atoms with Gasteiger partial charge in [0.2, 0.25) is 0 Å². The second-order valence-corrected chi connectivity index (χ2v) is 2.84. The third-order valence-electron chi connectivity index (χ3n) is 2.05. The number of hydrogen-bond acceptors (Lipinski definition) is 3. The Hall–Kier alpha value is -0.640. The van der Waals surface area contributed by atoms with Crippen molar-refractivity contribution in [3.63, 3.8) is 0 Å². The quantitative estimate of drug-likeness (QED) is 0.557. The maximum atomic E-state index is 13.2. The van der Waals surface area contributed by atoms with E-state index >= 15 is 0 Å². The van der Waals surface area contributed by atoms with Crippen molar-refractivity contribution in [1.29, 1.82) is 0 Å². The number of rotatable bonds is 1. The van der Waals surface area contributed by atoms with Gasteiger partial charge >= 0.3 is 5.97 Å². The summed E-state index contributed by atoms with van der Waals surface area (Å²) in [5.41, 5.74) is 0. The first-order valence-electron chi connectivity index (χ1n) is 4.05. The largest absolute Gasteiger partial charge is 0.469 e. The van der Waals surface area contributed by atoms with Crippen molar-refractivity contribution in [2.24, 2.45) is 5.92 Å². The molecule has 0 spiro atoms. The molecule has 3 nitrogen and oxygen atoms in total. The first-order chi connectivity index (χ1) is 5.75. The Balaban J connectivity index is 2.52. The zero-order valence-corrected chi connectivity index (χ0v) is 7.09. The van der Waals surface area contributed by atoms with Crippen molar-refractivity contribution in [3.8, 4) is 0 Å². The van der Waals surface area contributed by atoms with Gasteiger partial charge in [-0.15, -0.1) is 0 Å². The van der Waals surface area contributed by atoms with Crippen LogP contribution in [0.25, 0.3) is 0 Å². The molecule has 1 saturated heterocycles. The van der Waals surface area contributed by atoms with Gasteiger partial charge < -0.3 is 9.47 Å². The highest BCUT2D eigenvalue weighted by molar-refractivity contribution is 5.72. The standard InChI is InChI=1S/C8H13FO3/c1-11-8(10)6-2-4-12-5-3-7(6)9/h6-7H,2-5H2,1H3/t6-,7-/m1/s1. The van der Waals surface area contributed by atoms with Crippen LogP contribution in [0.5, 0.6) is 0 Å². The summed E-state index contributed by atoms with van der Waals surface area (Å²) in [7, 11) is 1.28. The van der Waals surface area contributed by atoms with Gasteiger partial charge in [-0.3, -0.25) is 4.79 Å². The Kier molecular flexibility index (Phi) is 3.47. The molecule has 1 rings (SSSR count). The molecule has 0 unspecified atom stereocenters. The number of methoxy groups -OCH3 is 1. The van der Waals surface area contributed by atoms with Gasteiger partial charge in [0.05, 0.1) is 13.0 Å². The molecule has 0 saturated carbocycles. The molecule has 70 valence electrons. The van der Waals surface area contributed by atoms with E-state index in [1.165, 1.54) is 7.11 Å². The summed E-state index contributed by atoms with van der Waals surface area (Å²) in [5.74, 6) is -1.09. The number of esters is 1. The molecule has 4 heteroatoms. The average Bonchev–Trinajstić information content (AvgIpc) is 2.28. The molecule has 0 aromatic carbocycles. The minimum Gasteiger partial charge on any atom is -0.469 e. The molecule has 1 fully saturated rings. The molecular weight excluding hydrogens is 163 g/mol. The molecule has 0 N–H and O–H groups in total. The number of alkyl halides is 1. The fourth-order valence-electron chi connectivity index (χ4n) is 1.31. The number of halogens is 1. The molecule has 0 aliphatic carbocycles. The van der Waals surface area contributed by atoms with Crippen LogP contribution < -0.4 is 0 Å². The van der Waals surface area contributed by atoms with Crippen molar-refractivity contribution in [1.82, 2.24) is 0 Å². The number of ether oxygens (including phenoxy) is 2. The van der Waals surface area contributed by atoms with Gasteiger partial charge in [0.25, 0.3) is 0 Å². The minimum absolute atomic E-state index is 0.291. The molecule has 1 aliphatic rings. The van der Waals surface area contributed by atoms with E-state index in [0.29, 0.717) is 26.1 Å². The molecule has 1 aliphatic heterocycles. The van der Waals surface area contributed by atoms with E-state index in [1.807, 2.05) is 0 Å². The molecule has 0 amide bonds. The van der Waals surface area contributed by atoms with Crippen molar-refractivity contribution in [3.05, 3.63) is 0 Å². The Morgan fingerprint density at radius 1 is 1.50 bits per heavy atom. The Morgan fingerprint density at radius 2 is 2.17 bits per heavy atom. The van der Waals surface area contributed by atoms with Gasteiger partial charge in [0.1, 0.15) is 6.17 Å². The number of carbonyl (C=O) groups excluding carboxylic acids is 1. The summed E-state index contributed by atoms with van der Waals surface area (Å²) < 4.78 is 22.7. The normalized spacial score (nSPS) is 30.8. The van der Waals surface area contributed by atoms with Crippen molar-refractivity contribution < 1.29 is 18.7 Å². The van der Waals surface area contributed by atoms with E-state index in [0.717, 1.165) is 0 Å². The lowest BCUT2D eigenvalue weighted by molar-refractivity contribution is -0.148. The highest BCUT2D eigenvalue weighted by atomic mass is 19.1. The Bertz CT molecular complexity index is 160. The highest BCUT2D eigenvalue weighted by Gasteiger charge is 2.30. The lowest BCUT2D eigenvalue weighted by Crippen LogP contribution is -2.26. The summed E-state index contributed by atoms with van der Waals surface area (Å²) in [6, 6.07) is 0. The van der Waals surface area contributed by atoms with E-state index in [2.05, 4.69) is 4.74 Å². The van der Waals surface area contributed by atoms with Crippen LogP contribution in [0.4, 0.5) is 4.39 Å². The van der Waals surface area contributed by atoms with Gasteiger partial charge in [0, 0.05) is 19.6 Å². The lowest BCUT2D eigenvalue weighted by Gasteiger charge is -2.13. The summed E-state index contributed by atoms with van der Waals surface area (Å²) in [4.78, 5) is 11.0. The molecule has 1 heterocycles. The summed E-state index contributed by atoms with van der Waals surface area (Å²) >= 11 is 0. The van der Waals surface area contributed by atoms with Crippen LogP contribution in [-0.4, -0.2) is 32.5 Å². The zero-order chi connectivity index (χ0) is 8.97. The highest BCUT2D eigenvalue weighted by Crippen LogP contribution is 2.20. The van der Waals surface area contributed by atoms with Crippen LogP contribution in [-0.2, 0) is 14.3 Å². The van der Waals surface area contributed by atoms with Crippen LogP contribution in [0.15, 0.2) is 0 Å². The number of carbonyl (C=O) groups is 1. The van der Waals surface area contributed by atoms with Crippen LogP contribution in [0, 0.1) is 5.92 Å². The SMILES string of the molecule is COC(=O)[C@@H]1CCOCC[C@H]1F.